The van der Waals surface area contributed by atoms with Crippen LogP contribution >= 0.6 is 0 Å². The van der Waals surface area contributed by atoms with E-state index in [0.29, 0.717) is 25.0 Å². The van der Waals surface area contributed by atoms with Crippen LogP contribution in [-0.2, 0) is 9.47 Å². The van der Waals surface area contributed by atoms with Gasteiger partial charge in [0.25, 0.3) is 0 Å². The van der Waals surface area contributed by atoms with E-state index in [0.717, 1.165) is 44.6 Å². The molecule has 1 aromatic carbocycles. The van der Waals surface area contributed by atoms with Gasteiger partial charge in [-0.2, -0.15) is 0 Å². The molecular formula is C17H25FN2O2. The molecule has 2 aliphatic rings. The predicted molar refractivity (Wildman–Crippen MR) is 84.8 cm³/mol. The highest BCUT2D eigenvalue weighted by Gasteiger charge is 2.18. The molecule has 22 heavy (non-hydrogen) atoms. The average Bonchev–Trinajstić information content (AvgIpc) is 3.07. The van der Waals surface area contributed by atoms with E-state index in [1.165, 1.54) is 0 Å². The van der Waals surface area contributed by atoms with E-state index in [1.54, 1.807) is 6.07 Å². The smallest absolute Gasteiger partial charge is 0.146 e. The summed E-state index contributed by atoms with van der Waals surface area (Å²) in [5.74, 6) is -0.148. The molecule has 4 nitrogen and oxygen atoms in total. The van der Waals surface area contributed by atoms with Crippen LogP contribution in [0.25, 0.3) is 0 Å². The quantitative estimate of drug-likeness (QED) is 0.906. The lowest BCUT2D eigenvalue weighted by atomic mass is 10.1. The number of nitrogens with one attached hydrogen (secondary N) is 1. The third-order valence-corrected chi connectivity index (χ3v) is 4.50. The fraction of sp³-hybridized carbons (Fsp3) is 0.647. The predicted octanol–water partition coefficient (Wildman–Crippen LogP) is 2.49. The standard InChI is InChI=1S/C17H25FN2O2/c1-13(19-12-15-3-2-8-22-15)14-4-5-17(16(18)11-14)20-6-9-21-10-7-20/h4-5,11,13,15,19H,2-3,6-10,12H2,1H3/t13-,15+/m0/s1. The first-order valence-electron chi connectivity index (χ1n) is 8.21. The minimum absolute atomic E-state index is 0.123. The van der Waals surface area contributed by atoms with E-state index >= 15 is 0 Å². The lowest BCUT2D eigenvalue weighted by molar-refractivity contribution is 0.108. The SMILES string of the molecule is C[C@H](NC[C@H]1CCCO1)c1ccc(N2CCOCC2)c(F)c1. The molecule has 2 heterocycles. The van der Waals surface area contributed by atoms with Crippen LogP contribution in [0.2, 0.25) is 0 Å². The van der Waals surface area contributed by atoms with Gasteiger partial charge in [-0.25, -0.2) is 4.39 Å². The van der Waals surface area contributed by atoms with Crippen molar-refractivity contribution >= 4 is 5.69 Å². The molecule has 122 valence electrons. The number of hydrogen-bond acceptors (Lipinski definition) is 4. The summed E-state index contributed by atoms with van der Waals surface area (Å²) in [5, 5.41) is 3.44. The topological polar surface area (TPSA) is 33.7 Å². The highest BCUT2D eigenvalue weighted by molar-refractivity contribution is 5.49. The minimum atomic E-state index is -0.148. The molecule has 1 aromatic rings. The van der Waals surface area contributed by atoms with Crippen LogP contribution in [-0.4, -0.2) is 45.6 Å². The van der Waals surface area contributed by atoms with Crippen LogP contribution in [0.3, 0.4) is 0 Å². The van der Waals surface area contributed by atoms with Crippen LogP contribution in [0.15, 0.2) is 18.2 Å². The number of anilines is 1. The highest BCUT2D eigenvalue weighted by atomic mass is 19.1. The summed E-state index contributed by atoms with van der Waals surface area (Å²) < 4.78 is 25.3. The Morgan fingerprint density at radius 1 is 1.32 bits per heavy atom. The Hall–Kier alpha value is -1.17. The summed E-state index contributed by atoms with van der Waals surface area (Å²) in [6.45, 7) is 6.60. The normalized spacial score (nSPS) is 23.7. The third-order valence-electron chi connectivity index (χ3n) is 4.50. The van der Waals surface area contributed by atoms with Crippen LogP contribution in [0, 0.1) is 5.82 Å². The van der Waals surface area contributed by atoms with Crippen molar-refractivity contribution in [2.24, 2.45) is 0 Å². The number of rotatable bonds is 5. The number of benzene rings is 1. The van der Waals surface area contributed by atoms with Crippen LogP contribution in [0.4, 0.5) is 10.1 Å². The van der Waals surface area contributed by atoms with Crippen molar-refractivity contribution in [3.63, 3.8) is 0 Å². The fourth-order valence-electron chi connectivity index (χ4n) is 3.08. The molecular weight excluding hydrogens is 283 g/mol. The zero-order chi connectivity index (χ0) is 15.4. The van der Waals surface area contributed by atoms with Gasteiger partial charge >= 0.3 is 0 Å². The van der Waals surface area contributed by atoms with Gasteiger partial charge in [0.05, 0.1) is 25.0 Å². The third kappa shape index (κ3) is 3.77. The lowest BCUT2D eigenvalue weighted by Gasteiger charge is -2.29. The molecule has 2 atom stereocenters. The maximum absolute atomic E-state index is 14.4. The number of nitrogens with zero attached hydrogens (tertiary/aromatic N) is 1. The molecule has 0 bridgehead atoms. The Labute approximate surface area is 131 Å². The second-order valence-corrected chi connectivity index (χ2v) is 6.08. The zero-order valence-corrected chi connectivity index (χ0v) is 13.2. The van der Waals surface area contributed by atoms with E-state index in [4.69, 9.17) is 9.47 Å². The number of morpholine rings is 1. The molecule has 3 rings (SSSR count). The van der Waals surface area contributed by atoms with Gasteiger partial charge in [-0.05, 0) is 37.5 Å². The Kier molecular flexibility index (Phi) is 5.28. The van der Waals surface area contributed by atoms with Crippen molar-refractivity contribution in [3.05, 3.63) is 29.6 Å². The molecule has 2 fully saturated rings. The first-order chi connectivity index (χ1) is 10.7. The summed E-state index contributed by atoms with van der Waals surface area (Å²) in [4.78, 5) is 2.05. The van der Waals surface area contributed by atoms with Crippen LogP contribution < -0.4 is 10.2 Å². The van der Waals surface area contributed by atoms with Crippen molar-refractivity contribution in [2.45, 2.75) is 31.9 Å². The van der Waals surface area contributed by atoms with E-state index in [1.807, 2.05) is 17.0 Å². The highest BCUT2D eigenvalue weighted by Crippen LogP contribution is 2.24. The summed E-state index contributed by atoms with van der Waals surface area (Å²) in [7, 11) is 0. The second-order valence-electron chi connectivity index (χ2n) is 6.08. The zero-order valence-electron chi connectivity index (χ0n) is 13.2. The van der Waals surface area contributed by atoms with Gasteiger partial charge in [0.1, 0.15) is 5.82 Å². The molecule has 0 unspecified atom stereocenters. The van der Waals surface area contributed by atoms with Gasteiger partial charge in [0.15, 0.2) is 0 Å². The van der Waals surface area contributed by atoms with Crippen molar-refractivity contribution < 1.29 is 13.9 Å². The van der Waals surface area contributed by atoms with Crippen molar-refractivity contribution in [3.8, 4) is 0 Å². The monoisotopic (exact) mass is 308 g/mol. The Morgan fingerprint density at radius 3 is 2.82 bits per heavy atom. The molecule has 0 saturated carbocycles. The summed E-state index contributed by atoms with van der Waals surface area (Å²) in [6.07, 6.45) is 2.56. The number of hydrogen-bond donors (Lipinski definition) is 1. The van der Waals surface area contributed by atoms with Crippen LogP contribution in [0.1, 0.15) is 31.4 Å². The Bertz CT molecular complexity index is 486. The first kappa shape index (κ1) is 15.7. The fourth-order valence-corrected chi connectivity index (χ4v) is 3.08. The van der Waals surface area contributed by atoms with E-state index in [2.05, 4.69) is 12.2 Å². The van der Waals surface area contributed by atoms with Gasteiger partial charge in [-0.1, -0.05) is 6.07 Å². The van der Waals surface area contributed by atoms with Crippen LogP contribution in [0.5, 0.6) is 0 Å². The maximum Gasteiger partial charge on any atom is 0.146 e. The van der Waals surface area contributed by atoms with Gasteiger partial charge in [-0.15, -0.1) is 0 Å². The van der Waals surface area contributed by atoms with Gasteiger partial charge in [0.2, 0.25) is 0 Å². The average molecular weight is 308 g/mol. The molecule has 0 spiro atoms. The van der Waals surface area contributed by atoms with E-state index in [-0.39, 0.29) is 11.9 Å². The molecule has 2 aliphatic heterocycles. The number of ether oxygens (including phenoxy) is 2. The van der Waals surface area contributed by atoms with Crippen molar-refractivity contribution in [1.82, 2.24) is 5.32 Å². The summed E-state index contributed by atoms with van der Waals surface area (Å²) in [5.41, 5.74) is 1.66. The summed E-state index contributed by atoms with van der Waals surface area (Å²) >= 11 is 0. The molecule has 2 saturated heterocycles. The maximum atomic E-state index is 14.4. The summed E-state index contributed by atoms with van der Waals surface area (Å²) in [6, 6.07) is 5.68. The number of halogens is 1. The molecule has 0 amide bonds. The van der Waals surface area contributed by atoms with Gasteiger partial charge in [-0.3, -0.25) is 0 Å². The first-order valence-corrected chi connectivity index (χ1v) is 8.21. The Morgan fingerprint density at radius 2 is 2.14 bits per heavy atom. The molecule has 1 N–H and O–H groups in total. The second kappa shape index (κ2) is 7.40. The van der Waals surface area contributed by atoms with Crippen molar-refractivity contribution in [2.75, 3.05) is 44.4 Å². The molecule has 0 radical (unpaired) electrons. The molecule has 5 heteroatoms. The lowest BCUT2D eigenvalue weighted by Crippen LogP contribution is -2.36. The van der Waals surface area contributed by atoms with Crippen molar-refractivity contribution in [1.29, 1.82) is 0 Å². The van der Waals surface area contributed by atoms with Gasteiger partial charge in [0, 0.05) is 32.3 Å². The van der Waals surface area contributed by atoms with Gasteiger partial charge < -0.3 is 19.7 Å². The molecule has 0 aromatic heterocycles. The molecule has 0 aliphatic carbocycles. The largest absolute Gasteiger partial charge is 0.378 e. The minimum Gasteiger partial charge on any atom is -0.378 e. The Balaban J connectivity index is 1.60. The van der Waals surface area contributed by atoms with E-state index in [9.17, 15) is 4.39 Å². The van der Waals surface area contributed by atoms with E-state index < -0.39 is 0 Å².